The number of nitrogens with zero attached hydrogens (tertiary/aromatic N) is 2. The average Bonchev–Trinajstić information content (AvgIpc) is 2.76. The van der Waals surface area contributed by atoms with Gasteiger partial charge in [0.05, 0.1) is 17.7 Å². The molecule has 1 heterocycles. The number of methoxy groups -OCH3 is 1. The summed E-state index contributed by atoms with van der Waals surface area (Å²) in [7, 11) is 3.36. The maximum absolute atomic E-state index is 13.4. The highest BCUT2D eigenvalue weighted by Crippen LogP contribution is 2.31. The van der Waals surface area contributed by atoms with E-state index in [1.165, 1.54) is 0 Å². The van der Waals surface area contributed by atoms with Gasteiger partial charge in [0.25, 0.3) is 5.91 Å². The van der Waals surface area contributed by atoms with Gasteiger partial charge in [0.15, 0.2) is 0 Å². The molecule has 9 nitrogen and oxygen atoms in total. The van der Waals surface area contributed by atoms with Crippen LogP contribution in [0.5, 0.6) is 5.75 Å². The van der Waals surface area contributed by atoms with E-state index in [-0.39, 0.29) is 54.5 Å². The van der Waals surface area contributed by atoms with Gasteiger partial charge in [0, 0.05) is 50.8 Å². The standard InChI is InChI=1S/C26H40N4O5/c1-16(2)27-26(33)28-20-10-11-22-21(12-20)25(32)29(5)14-23(34-6)17(3)13-30(18(4)15-35-22)24(31)19-8-7-9-19/h10-12,16-19,23H,7-9,13-15H2,1-6H3,(H2,27,28,33)/t17-,18+,23-/m1/s1. The fourth-order valence-corrected chi connectivity index (χ4v) is 4.48. The van der Waals surface area contributed by atoms with E-state index >= 15 is 0 Å². The first-order chi connectivity index (χ1) is 16.6. The summed E-state index contributed by atoms with van der Waals surface area (Å²) in [5.74, 6) is 0.473. The minimum atomic E-state index is -0.345. The molecule has 0 saturated heterocycles. The zero-order chi connectivity index (χ0) is 25.7. The predicted molar refractivity (Wildman–Crippen MR) is 135 cm³/mol. The summed E-state index contributed by atoms with van der Waals surface area (Å²) in [6.07, 6.45) is 2.72. The maximum atomic E-state index is 13.4. The highest BCUT2D eigenvalue weighted by atomic mass is 16.5. The van der Waals surface area contributed by atoms with Crippen molar-refractivity contribution in [3.63, 3.8) is 0 Å². The molecule has 0 spiro atoms. The fraction of sp³-hybridized carbons (Fsp3) is 0.654. The third-order valence-electron chi connectivity index (χ3n) is 6.86. The van der Waals surface area contributed by atoms with Gasteiger partial charge in [-0.3, -0.25) is 9.59 Å². The molecule has 194 valence electrons. The Balaban J connectivity index is 1.91. The van der Waals surface area contributed by atoms with Gasteiger partial charge in [-0.1, -0.05) is 13.3 Å². The van der Waals surface area contributed by atoms with E-state index in [0.717, 1.165) is 19.3 Å². The molecule has 0 aromatic heterocycles. The van der Waals surface area contributed by atoms with Crippen LogP contribution < -0.4 is 15.4 Å². The molecule has 1 aromatic carbocycles. The number of hydrogen-bond acceptors (Lipinski definition) is 5. The lowest BCUT2D eigenvalue weighted by Gasteiger charge is -2.39. The van der Waals surface area contributed by atoms with Crippen molar-refractivity contribution in [1.82, 2.24) is 15.1 Å². The van der Waals surface area contributed by atoms with Crippen molar-refractivity contribution in [2.75, 3.05) is 39.2 Å². The number of urea groups is 1. The Bertz CT molecular complexity index is 917. The number of carbonyl (C=O) groups excluding carboxylic acids is 3. The van der Waals surface area contributed by atoms with Gasteiger partial charge >= 0.3 is 6.03 Å². The summed E-state index contributed by atoms with van der Waals surface area (Å²) >= 11 is 0. The molecule has 1 aromatic rings. The normalized spacial score (nSPS) is 24.0. The number of benzene rings is 1. The third-order valence-corrected chi connectivity index (χ3v) is 6.86. The lowest BCUT2D eigenvalue weighted by atomic mass is 9.83. The molecule has 3 rings (SSSR count). The molecule has 35 heavy (non-hydrogen) atoms. The van der Waals surface area contributed by atoms with Crippen molar-refractivity contribution >= 4 is 23.5 Å². The average molecular weight is 489 g/mol. The van der Waals surface area contributed by atoms with E-state index < -0.39 is 0 Å². The number of ether oxygens (including phenoxy) is 2. The van der Waals surface area contributed by atoms with E-state index in [2.05, 4.69) is 17.6 Å². The topological polar surface area (TPSA) is 100 Å². The molecule has 1 fully saturated rings. The zero-order valence-electron chi connectivity index (χ0n) is 21.8. The van der Waals surface area contributed by atoms with Crippen LogP contribution in [0.3, 0.4) is 0 Å². The molecular formula is C26H40N4O5. The molecule has 1 saturated carbocycles. The number of nitrogens with one attached hydrogen (secondary N) is 2. The second-order valence-electron chi connectivity index (χ2n) is 10.2. The Kier molecular flexibility index (Phi) is 8.99. The van der Waals surface area contributed by atoms with Crippen LogP contribution >= 0.6 is 0 Å². The molecule has 2 N–H and O–H groups in total. The summed E-state index contributed by atoms with van der Waals surface area (Å²) in [6.45, 7) is 8.94. The lowest BCUT2D eigenvalue weighted by molar-refractivity contribution is -0.142. The van der Waals surface area contributed by atoms with E-state index in [4.69, 9.17) is 9.47 Å². The first-order valence-electron chi connectivity index (χ1n) is 12.5. The Labute approximate surface area is 208 Å². The number of fused-ring (bicyclic) bond motifs is 1. The molecule has 0 radical (unpaired) electrons. The van der Waals surface area contributed by atoms with Crippen molar-refractivity contribution in [2.24, 2.45) is 11.8 Å². The van der Waals surface area contributed by atoms with Gasteiger partial charge < -0.3 is 29.9 Å². The molecule has 3 atom stereocenters. The number of carbonyl (C=O) groups is 3. The minimum Gasteiger partial charge on any atom is -0.491 e. The van der Waals surface area contributed by atoms with E-state index in [0.29, 0.717) is 30.1 Å². The summed E-state index contributed by atoms with van der Waals surface area (Å²) in [5.41, 5.74) is 0.841. The monoisotopic (exact) mass is 488 g/mol. The van der Waals surface area contributed by atoms with Crippen LogP contribution in [0, 0.1) is 11.8 Å². The Morgan fingerprint density at radius 3 is 2.49 bits per heavy atom. The minimum absolute atomic E-state index is 0.0181. The number of rotatable bonds is 4. The molecular weight excluding hydrogens is 448 g/mol. The largest absolute Gasteiger partial charge is 0.491 e. The second kappa shape index (κ2) is 11.7. The van der Waals surface area contributed by atoms with Gasteiger partial charge in [-0.05, 0) is 51.8 Å². The SMILES string of the molecule is CO[C@@H]1CN(C)C(=O)c2cc(NC(=O)NC(C)C)ccc2OC[C@H](C)N(C(=O)C2CCC2)C[C@H]1C. The molecule has 9 heteroatoms. The van der Waals surface area contributed by atoms with Crippen molar-refractivity contribution in [2.45, 2.75) is 65.1 Å². The summed E-state index contributed by atoms with van der Waals surface area (Å²) in [4.78, 5) is 42.4. The van der Waals surface area contributed by atoms with Crippen molar-refractivity contribution in [1.29, 1.82) is 0 Å². The van der Waals surface area contributed by atoms with Crippen LogP contribution in [0.15, 0.2) is 18.2 Å². The quantitative estimate of drug-likeness (QED) is 0.677. The van der Waals surface area contributed by atoms with Crippen LogP contribution in [-0.4, -0.2) is 79.7 Å². The Morgan fingerprint density at radius 1 is 1.17 bits per heavy atom. The second-order valence-corrected chi connectivity index (χ2v) is 10.2. The van der Waals surface area contributed by atoms with Gasteiger partial charge in [-0.2, -0.15) is 0 Å². The van der Waals surface area contributed by atoms with Crippen molar-refractivity contribution in [3.05, 3.63) is 23.8 Å². The van der Waals surface area contributed by atoms with E-state index in [9.17, 15) is 14.4 Å². The van der Waals surface area contributed by atoms with Gasteiger partial charge in [-0.15, -0.1) is 0 Å². The zero-order valence-corrected chi connectivity index (χ0v) is 21.8. The van der Waals surface area contributed by atoms with Crippen molar-refractivity contribution in [3.8, 4) is 5.75 Å². The van der Waals surface area contributed by atoms with Gasteiger partial charge in [0.2, 0.25) is 5.91 Å². The molecule has 1 aliphatic heterocycles. The number of hydrogen-bond donors (Lipinski definition) is 2. The smallest absolute Gasteiger partial charge is 0.319 e. The summed E-state index contributed by atoms with van der Waals surface area (Å²) in [6, 6.07) is 4.50. The molecule has 0 unspecified atom stereocenters. The van der Waals surface area contributed by atoms with Crippen LogP contribution in [-0.2, 0) is 9.53 Å². The van der Waals surface area contributed by atoms with Crippen molar-refractivity contribution < 1.29 is 23.9 Å². The molecule has 4 amide bonds. The highest BCUT2D eigenvalue weighted by Gasteiger charge is 2.35. The Hall–Kier alpha value is -2.81. The van der Waals surface area contributed by atoms with Crippen LogP contribution in [0.25, 0.3) is 0 Å². The van der Waals surface area contributed by atoms with Gasteiger partial charge in [0.1, 0.15) is 12.4 Å². The van der Waals surface area contributed by atoms with Gasteiger partial charge in [-0.25, -0.2) is 4.79 Å². The number of amides is 4. The first kappa shape index (κ1) is 26.8. The van der Waals surface area contributed by atoms with E-state index in [1.54, 1.807) is 37.3 Å². The summed E-state index contributed by atoms with van der Waals surface area (Å²) < 4.78 is 11.9. The predicted octanol–water partition coefficient (Wildman–Crippen LogP) is 3.35. The maximum Gasteiger partial charge on any atom is 0.319 e. The summed E-state index contributed by atoms with van der Waals surface area (Å²) in [5, 5.41) is 5.55. The van der Waals surface area contributed by atoms with E-state index in [1.807, 2.05) is 25.7 Å². The highest BCUT2D eigenvalue weighted by molar-refractivity contribution is 5.99. The number of likely N-dealkylation sites (N-methyl/N-ethyl adjacent to an activating group) is 1. The Morgan fingerprint density at radius 2 is 1.89 bits per heavy atom. The molecule has 1 aliphatic carbocycles. The molecule has 0 bridgehead atoms. The fourth-order valence-electron chi connectivity index (χ4n) is 4.48. The lowest BCUT2D eigenvalue weighted by Crippen LogP contribution is -2.51. The van der Waals surface area contributed by atoms with Crippen LogP contribution in [0.2, 0.25) is 0 Å². The molecule has 2 aliphatic rings. The van der Waals surface area contributed by atoms with Crippen LogP contribution in [0.1, 0.15) is 57.3 Å². The number of anilines is 1. The van der Waals surface area contributed by atoms with Crippen LogP contribution in [0.4, 0.5) is 10.5 Å². The third kappa shape index (κ3) is 6.66. The first-order valence-corrected chi connectivity index (χ1v) is 12.5.